The summed E-state index contributed by atoms with van der Waals surface area (Å²) in [5.74, 6) is 2.04. The zero-order valence-corrected chi connectivity index (χ0v) is 13.5. The van der Waals surface area contributed by atoms with E-state index in [0.29, 0.717) is 19.5 Å². The Morgan fingerprint density at radius 1 is 1.04 bits per heavy atom. The number of hydrogen-bond acceptors (Lipinski definition) is 3. The Labute approximate surface area is 137 Å². The zero-order valence-electron chi connectivity index (χ0n) is 13.5. The van der Waals surface area contributed by atoms with Gasteiger partial charge in [0.05, 0.1) is 6.54 Å². The number of benzene rings is 1. The van der Waals surface area contributed by atoms with Gasteiger partial charge in [0.15, 0.2) is 0 Å². The van der Waals surface area contributed by atoms with E-state index in [0.717, 1.165) is 43.0 Å². The second-order valence-corrected chi connectivity index (χ2v) is 6.00. The molecule has 0 radical (unpaired) electrons. The van der Waals surface area contributed by atoms with E-state index in [1.54, 1.807) is 0 Å². The molecule has 1 amide bonds. The van der Waals surface area contributed by atoms with Gasteiger partial charge in [0.1, 0.15) is 11.5 Å². The van der Waals surface area contributed by atoms with Crippen molar-refractivity contribution in [1.82, 2.24) is 10.2 Å². The van der Waals surface area contributed by atoms with E-state index in [4.69, 9.17) is 4.42 Å². The minimum atomic E-state index is 0.265. The van der Waals surface area contributed by atoms with Crippen LogP contribution in [0.3, 0.4) is 0 Å². The number of rotatable bonds is 6. The van der Waals surface area contributed by atoms with E-state index in [2.05, 4.69) is 5.32 Å². The van der Waals surface area contributed by atoms with Gasteiger partial charge >= 0.3 is 0 Å². The number of likely N-dealkylation sites (tertiary alicyclic amines) is 1. The molecular weight excluding hydrogens is 288 g/mol. The molecule has 122 valence electrons. The van der Waals surface area contributed by atoms with Crippen LogP contribution in [0.4, 0.5) is 0 Å². The average Bonchev–Trinajstić information content (AvgIpc) is 3.09. The first-order chi connectivity index (χ1) is 11.3. The highest BCUT2D eigenvalue weighted by molar-refractivity contribution is 5.76. The van der Waals surface area contributed by atoms with Crippen molar-refractivity contribution in [3.05, 3.63) is 48.2 Å². The van der Waals surface area contributed by atoms with Gasteiger partial charge in [-0.05, 0) is 31.4 Å². The van der Waals surface area contributed by atoms with Crippen molar-refractivity contribution < 1.29 is 9.21 Å². The highest BCUT2D eigenvalue weighted by Crippen LogP contribution is 2.21. The van der Waals surface area contributed by atoms with Gasteiger partial charge in [0.25, 0.3) is 0 Å². The lowest BCUT2D eigenvalue weighted by Gasteiger charge is -2.26. The van der Waals surface area contributed by atoms with Crippen LogP contribution in [0.25, 0.3) is 11.3 Å². The molecule has 0 bridgehead atoms. The molecule has 0 atom stereocenters. The van der Waals surface area contributed by atoms with Crippen LogP contribution in [0.1, 0.15) is 31.4 Å². The molecule has 1 aromatic carbocycles. The summed E-state index contributed by atoms with van der Waals surface area (Å²) in [5.41, 5.74) is 1.08. The van der Waals surface area contributed by atoms with Crippen molar-refractivity contribution in [2.75, 3.05) is 19.6 Å². The van der Waals surface area contributed by atoms with Gasteiger partial charge in [-0.25, -0.2) is 0 Å². The first kappa shape index (κ1) is 15.8. The third-order valence-corrected chi connectivity index (χ3v) is 4.24. The van der Waals surface area contributed by atoms with Crippen molar-refractivity contribution >= 4 is 5.91 Å². The first-order valence-electron chi connectivity index (χ1n) is 8.45. The summed E-state index contributed by atoms with van der Waals surface area (Å²) < 4.78 is 5.84. The predicted octanol–water partition coefficient (Wildman–Crippen LogP) is 3.44. The van der Waals surface area contributed by atoms with E-state index >= 15 is 0 Å². The first-order valence-corrected chi connectivity index (χ1v) is 8.45. The zero-order chi connectivity index (χ0) is 15.9. The van der Waals surface area contributed by atoms with Gasteiger partial charge in [-0.2, -0.15) is 0 Å². The number of carbonyl (C=O) groups excluding carboxylic acids is 1. The third-order valence-electron chi connectivity index (χ3n) is 4.24. The van der Waals surface area contributed by atoms with Gasteiger partial charge in [0.2, 0.25) is 5.91 Å². The maximum Gasteiger partial charge on any atom is 0.223 e. The number of nitrogens with zero attached hydrogens (tertiary/aromatic N) is 1. The molecule has 4 heteroatoms. The Bertz CT molecular complexity index is 615. The number of carbonyl (C=O) groups is 1. The van der Waals surface area contributed by atoms with Crippen molar-refractivity contribution in [3.63, 3.8) is 0 Å². The van der Waals surface area contributed by atoms with Crippen molar-refractivity contribution in [2.45, 2.75) is 32.2 Å². The number of furan rings is 1. The normalized spacial score (nSPS) is 14.9. The van der Waals surface area contributed by atoms with Crippen LogP contribution in [0.15, 0.2) is 46.9 Å². The van der Waals surface area contributed by atoms with Gasteiger partial charge in [-0.15, -0.1) is 0 Å². The fourth-order valence-corrected chi connectivity index (χ4v) is 2.94. The molecule has 2 heterocycles. The lowest BCUT2D eigenvalue weighted by Crippen LogP contribution is -2.37. The molecule has 1 aliphatic rings. The molecule has 3 rings (SSSR count). The molecular formula is C19H24N2O2. The third kappa shape index (κ3) is 4.45. The predicted molar refractivity (Wildman–Crippen MR) is 90.9 cm³/mol. The highest BCUT2D eigenvalue weighted by atomic mass is 16.3. The lowest BCUT2D eigenvalue weighted by atomic mass is 10.1. The Kier molecular flexibility index (Phi) is 5.48. The quantitative estimate of drug-likeness (QED) is 0.831. The molecule has 0 unspecified atom stereocenters. The monoisotopic (exact) mass is 312 g/mol. The molecule has 1 aromatic heterocycles. The van der Waals surface area contributed by atoms with Gasteiger partial charge in [-0.3, -0.25) is 4.79 Å². The summed E-state index contributed by atoms with van der Waals surface area (Å²) in [4.78, 5) is 14.1. The maximum atomic E-state index is 12.1. The maximum absolute atomic E-state index is 12.1. The fourth-order valence-electron chi connectivity index (χ4n) is 2.94. The van der Waals surface area contributed by atoms with Crippen LogP contribution in [0.2, 0.25) is 0 Å². The van der Waals surface area contributed by atoms with Gasteiger partial charge in [0, 0.05) is 31.6 Å². The largest absolute Gasteiger partial charge is 0.460 e. The number of piperidine rings is 1. The van der Waals surface area contributed by atoms with Crippen LogP contribution in [0, 0.1) is 0 Å². The lowest BCUT2D eigenvalue weighted by molar-refractivity contribution is -0.131. The van der Waals surface area contributed by atoms with Crippen LogP contribution in [-0.2, 0) is 11.3 Å². The average molecular weight is 312 g/mol. The molecule has 0 spiro atoms. The molecule has 1 saturated heterocycles. The summed E-state index contributed by atoms with van der Waals surface area (Å²) >= 11 is 0. The minimum Gasteiger partial charge on any atom is -0.460 e. The van der Waals surface area contributed by atoms with E-state index in [9.17, 15) is 4.79 Å². The second-order valence-electron chi connectivity index (χ2n) is 6.00. The van der Waals surface area contributed by atoms with Crippen LogP contribution in [-0.4, -0.2) is 30.4 Å². The molecule has 1 fully saturated rings. The van der Waals surface area contributed by atoms with Crippen molar-refractivity contribution in [2.24, 2.45) is 0 Å². The standard InChI is InChI=1S/C19H24N2O2/c22-19(21-13-5-2-6-14-21)11-12-20-15-17-9-10-18(23-17)16-7-3-1-4-8-16/h1,3-4,7-10,20H,2,5-6,11-15H2. The molecule has 0 aliphatic carbocycles. The van der Waals surface area contributed by atoms with Crippen molar-refractivity contribution in [1.29, 1.82) is 0 Å². The van der Waals surface area contributed by atoms with E-state index in [-0.39, 0.29) is 5.91 Å². The molecule has 1 N–H and O–H groups in total. The van der Waals surface area contributed by atoms with Crippen LogP contribution in [0.5, 0.6) is 0 Å². The summed E-state index contributed by atoms with van der Waals surface area (Å²) in [5, 5.41) is 3.30. The van der Waals surface area contributed by atoms with E-state index < -0.39 is 0 Å². The SMILES string of the molecule is O=C(CCNCc1ccc(-c2ccccc2)o1)N1CCCCC1. The molecule has 1 aliphatic heterocycles. The Hall–Kier alpha value is -2.07. The Balaban J connectivity index is 1.41. The van der Waals surface area contributed by atoms with Gasteiger partial charge < -0.3 is 14.6 Å². The van der Waals surface area contributed by atoms with Crippen LogP contribution >= 0.6 is 0 Å². The van der Waals surface area contributed by atoms with E-state index in [1.807, 2.05) is 47.4 Å². The van der Waals surface area contributed by atoms with Crippen LogP contribution < -0.4 is 5.32 Å². The molecule has 0 saturated carbocycles. The fraction of sp³-hybridized carbons (Fsp3) is 0.421. The Morgan fingerprint density at radius 2 is 1.83 bits per heavy atom. The number of nitrogens with one attached hydrogen (secondary N) is 1. The minimum absolute atomic E-state index is 0.265. The smallest absolute Gasteiger partial charge is 0.223 e. The second kappa shape index (κ2) is 7.97. The topological polar surface area (TPSA) is 45.5 Å². The summed E-state index contributed by atoms with van der Waals surface area (Å²) in [6, 6.07) is 14.0. The highest BCUT2D eigenvalue weighted by Gasteiger charge is 2.15. The number of hydrogen-bond donors (Lipinski definition) is 1. The van der Waals surface area contributed by atoms with Crippen molar-refractivity contribution in [3.8, 4) is 11.3 Å². The molecule has 23 heavy (non-hydrogen) atoms. The number of amides is 1. The van der Waals surface area contributed by atoms with E-state index in [1.165, 1.54) is 6.42 Å². The van der Waals surface area contributed by atoms with Gasteiger partial charge in [-0.1, -0.05) is 30.3 Å². The Morgan fingerprint density at radius 3 is 2.61 bits per heavy atom. The summed E-state index contributed by atoms with van der Waals surface area (Å²) in [7, 11) is 0. The molecule has 2 aromatic rings. The molecule has 4 nitrogen and oxygen atoms in total. The summed E-state index contributed by atoms with van der Waals surface area (Å²) in [6.45, 7) is 3.20. The summed E-state index contributed by atoms with van der Waals surface area (Å²) in [6.07, 6.45) is 4.11.